The molecule has 1 aliphatic rings. The predicted octanol–water partition coefficient (Wildman–Crippen LogP) is 2.65. The summed E-state index contributed by atoms with van der Waals surface area (Å²) in [4.78, 5) is 13.6. The fourth-order valence-electron chi connectivity index (χ4n) is 3.24. The summed E-state index contributed by atoms with van der Waals surface area (Å²) in [7, 11) is -3.64. The Balaban J connectivity index is 1.98. The maximum Gasteiger partial charge on any atom is 0.239 e. The van der Waals surface area contributed by atoms with Crippen LogP contribution >= 0.6 is 0 Å². The van der Waals surface area contributed by atoms with Gasteiger partial charge in [-0.15, -0.1) is 0 Å². The van der Waals surface area contributed by atoms with Crippen LogP contribution in [-0.4, -0.2) is 26.9 Å². The lowest BCUT2D eigenvalue weighted by molar-refractivity contribution is -0.117. The molecular weight excluding hydrogens is 350 g/mol. The molecule has 1 heterocycles. The number of carbonyl (C=O) groups excluding carboxylic acids is 1. The molecule has 1 unspecified atom stereocenters. The summed E-state index contributed by atoms with van der Waals surface area (Å²) in [5.74, 6) is -0.283. The van der Waals surface area contributed by atoms with Crippen molar-refractivity contribution in [2.45, 2.75) is 25.6 Å². The highest BCUT2D eigenvalue weighted by atomic mass is 32.2. The third-order valence-corrected chi connectivity index (χ3v) is 6.10. The van der Waals surface area contributed by atoms with E-state index in [9.17, 15) is 13.2 Å². The average Bonchev–Trinajstić information content (AvgIpc) is 2.61. The number of fused-ring (bicyclic) bond motifs is 1. The highest BCUT2D eigenvalue weighted by molar-refractivity contribution is 7.92. The van der Waals surface area contributed by atoms with E-state index in [0.29, 0.717) is 22.5 Å². The summed E-state index contributed by atoms with van der Waals surface area (Å²) in [6.45, 7) is 3.52. The van der Waals surface area contributed by atoms with Crippen molar-refractivity contribution in [2.24, 2.45) is 0 Å². The summed E-state index contributed by atoms with van der Waals surface area (Å²) >= 11 is 0. The van der Waals surface area contributed by atoms with Gasteiger partial charge in [-0.25, -0.2) is 8.42 Å². The van der Waals surface area contributed by atoms with Gasteiger partial charge in [0.25, 0.3) is 0 Å². The van der Waals surface area contributed by atoms with Crippen molar-refractivity contribution in [3.63, 3.8) is 0 Å². The molecule has 0 N–H and O–H groups in total. The molecule has 0 aromatic heterocycles. The van der Waals surface area contributed by atoms with Gasteiger partial charge in [-0.3, -0.25) is 9.10 Å². The second-order valence-corrected chi connectivity index (χ2v) is 8.22. The molecule has 2 aromatic rings. The quantitative estimate of drug-likeness (QED) is 0.833. The van der Waals surface area contributed by atoms with Crippen LogP contribution in [0, 0.1) is 11.3 Å². The van der Waals surface area contributed by atoms with Crippen molar-refractivity contribution < 1.29 is 13.2 Å². The number of sulfonamides is 1. The summed E-state index contributed by atoms with van der Waals surface area (Å²) in [5.41, 5.74) is 2.21. The number of anilines is 2. The molecule has 1 atom stereocenters. The van der Waals surface area contributed by atoms with E-state index in [0.717, 1.165) is 0 Å². The summed E-state index contributed by atoms with van der Waals surface area (Å²) in [5, 5.41) is 8.86. The molecule has 0 spiro atoms. The van der Waals surface area contributed by atoms with Gasteiger partial charge in [0.2, 0.25) is 15.9 Å². The molecule has 3 rings (SSSR count). The number of hydrogen-bond donors (Lipinski definition) is 0. The Morgan fingerprint density at radius 2 is 1.77 bits per heavy atom. The minimum absolute atomic E-state index is 0.117. The Hall–Kier alpha value is -2.85. The SMILES string of the molecule is CC(=O)N1c2ccccc2N(S(=O)(=O)Cc2ccc(C#N)cc2)CC1C. The topological polar surface area (TPSA) is 81.5 Å². The second kappa shape index (κ2) is 6.81. The molecule has 1 amide bonds. The van der Waals surface area contributed by atoms with Crippen LogP contribution in [-0.2, 0) is 20.6 Å². The highest BCUT2D eigenvalue weighted by Crippen LogP contribution is 2.37. The first kappa shape index (κ1) is 18.0. The van der Waals surface area contributed by atoms with Crippen LogP contribution < -0.4 is 9.21 Å². The fraction of sp³-hybridized carbons (Fsp3) is 0.263. The smallest absolute Gasteiger partial charge is 0.239 e. The second-order valence-electron chi connectivity index (χ2n) is 6.32. The van der Waals surface area contributed by atoms with Gasteiger partial charge in [-0.05, 0) is 36.8 Å². The molecule has 0 radical (unpaired) electrons. The number of rotatable bonds is 3. The molecule has 0 saturated carbocycles. The lowest BCUT2D eigenvalue weighted by Crippen LogP contribution is -2.51. The zero-order valence-electron chi connectivity index (χ0n) is 14.6. The van der Waals surface area contributed by atoms with Gasteiger partial charge in [-0.2, -0.15) is 5.26 Å². The van der Waals surface area contributed by atoms with Gasteiger partial charge in [-0.1, -0.05) is 24.3 Å². The molecule has 26 heavy (non-hydrogen) atoms. The molecule has 0 saturated heterocycles. The van der Waals surface area contributed by atoms with Crippen LogP contribution in [0.25, 0.3) is 0 Å². The van der Waals surface area contributed by atoms with Crippen LogP contribution in [0.4, 0.5) is 11.4 Å². The number of carbonyl (C=O) groups is 1. The van der Waals surface area contributed by atoms with Crippen molar-refractivity contribution >= 4 is 27.3 Å². The van der Waals surface area contributed by atoms with E-state index in [2.05, 4.69) is 0 Å². The molecule has 6 nitrogen and oxygen atoms in total. The summed E-state index contributed by atoms with van der Waals surface area (Å²) < 4.78 is 27.5. The lowest BCUT2D eigenvalue weighted by Gasteiger charge is -2.41. The molecule has 134 valence electrons. The van der Waals surface area contributed by atoms with Gasteiger partial charge in [0, 0.05) is 6.92 Å². The minimum Gasteiger partial charge on any atom is -0.306 e. The van der Waals surface area contributed by atoms with Crippen molar-refractivity contribution in [2.75, 3.05) is 15.7 Å². The van der Waals surface area contributed by atoms with E-state index in [1.54, 1.807) is 53.4 Å². The van der Waals surface area contributed by atoms with Crippen LogP contribution in [0.5, 0.6) is 0 Å². The Labute approximate surface area is 153 Å². The molecule has 0 aliphatic carbocycles. The standard InChI is InChI=1S/C19H19N3O3S/c1-14-12-21(18-5-3-4-6-19(18)22(14)15(2)23)26(24,25)13-17-9-7-16(11-20)8-10-17/h3-10,14H,12-13H2,1-2H3. The Kier molecular flexibility index (Phi) is 4.70. The number of hydrogen-bond acceptors (Lipinski definition) is 4. The molecule has 1 aliphatic heterocycles. The number of nitriles is 1. The van der Waals surface area contributed by atoms with Crippen LogP contribution in [0.15, 0.2) is 48.5 Å². The van der Waals surface area contributed by atoms with Gasteiger partial charge < -0.3 is 4.90 Å². The minimum atomic E-state index is -3.64. The monoisotopic (exact) mass is 369 g/mol. The van der Waals surface area contributed by atoms with Gasteiger partial charge in [0.05, 0.1) is 41.3 Å². The number of nitrogens with zero attached hydrogens (tertiary/aromatic N) is 3. The van der Waals surface area contributed by atoms with Crippen molar-refractivity contribution in [3.8, 4) is 6.07 Å². The molecule has 0 bridgehead atoms. The summed E-state index contributed by atoms with van der Waals surface area (Å²) in [6, 6.07) is 15.3. The number of para-hydroxylation sites is 2. The zero-order valence-corrected chi connectivity index (χ0v) is 15.4. The Morgan fingerprint density at radius 1 is 1.15 bits per heavy atom. The molecule has 0 fully saturated rings. The molecular formula is C19H19N3O3S. The highest BCUT2D eigenvalue weighted by Gasteiger charge is 2.35. The van der Waals surface area contributed by atoms with Gasteiger partial charge in [0.15, 0.2) is 0 Å². The molecule has 7 heteroatoms. The Morgan fingerprint density at radius 3 is 2.35 bits per heavy atom. The zero-order chi connectivity index (χ0) is 18.9. The van der Waals surface area contributed by atoms with Gasteiger partial charge >= 0.3 is 0 Å². The average molecular weight is 369 g/mol. The first-order valence-electron chi connectivity index (χ1n) is 8.22. The fourth-order valence-corrected chi connectivity index (χ4v) is 4.91. The van der Waals surface area contributed by atoms with E-state index in [4.69, 9.17) is 5.26 Å². The molecule has 2 aromatic carbocycles. The largest absolute Gasteiger partial charge is 0.306 e. The van der Waals surface area contributed by atoms with Crippen molar-refractivity contribution in [3.05, 3.63) is 59.7 Å². The van der Waals surface area contributed by atoms with Crippen LogP contribution in [0.3, 0.4) is 0 Å². The number of benzene rings is 2. The third kappa shape index (κ3) is 3.28. The van der Waals surface area contributed by atoms with Crippen molar-refractivity contribution in [1.82, 2.24) is 0 Å². The van der Waals surface area contributed by atoms with E-state index in [1.165, 1.54) is 11.2 Å². The maximum atomic E-state index is 13.1. The normalized spacial score (nSPS) is 16.7. The van der Waals surface area contributed by atoms with E-state index in [-0.39, 0.29) is 24.2 Å². The maximum absolute atomic E-state index is 13.1. The summed E-state index contributed by atoms with van der Waals surface area (Å²) in [6.07, 6.45) is 0. The van der Waals surface area contributed by atoms with E-state index in [1.807, 2.05) is 13.0 Å². The van der Waals surface area contributed by atoms with E-state index < -0.39 is 10.0 Å². The predicted molar refractivity (Wildman–Crippen MR) is 100 cm³/mol. The third-order valence-electron chi connectivity index (χ3n) is 4.39. The Bertz CT molecular complexity index is 978. The first-order chi connectivity index (χ1) is 12.3. The van der Waals surface area contributed by atoms with Crippen molar-refractivity contribution in [1.29, 1.82) is 5.26 Å². The van der Waals surface area contributed by atoms with Crippen LogP contribution in [0.1, 0.15) is 25.0 Å². The number of amides is 1. The first-order valence-corrected chi connectivity index (χ1v) is 9.82. The van der Waals surface area contributed by atoms with E-state index >= 15 is 0 Å². The lowest BCUT2D eigenvalue weighted by atomic mass is 10.1. The van der Waals surface area contributed by atoms with Crippen LogP contribution in [0.2, 0.25) is 0 Å². The van der Waals surface area contributed by atoms with Gasteiger partial charge in [0.1, 0.15) is 0 Å².